The van der Waals surface area contributed by atoms with Gasteiger partial charge in [-0.05, 0) is 19.3 Å². The van der Waals surface area contributed by atoms with Gasteiger partial charge in [0.15, 0.2) is 0 Å². The number of unbranched alkanes of at least 4 members (excludes halogenated alkanes) is 1. The molecule has 0 aliphatic carbocycles. The van der Waals surface area contributed by atoms with Gasteiger partial charge in [0.1, 0.15) is 6.04 Å². The number of hydrazine groups is 1. The molecule has 1 unspecified atom stereocenters. The zero-order valence-electron chi connectivity index (χ0n) is 11.9. The maximum atomic E-state index is 11.7. The fourth-order valence-corrected chi connectivity index (χ4v) is 1.21. The first-order chi connectivity index (χ1) is 8.51. The molecule has 0 heterocycles. The van der Waals surface area contributed by atoms with Crippen LogP contribution in [0.2, 0.25) is 0 Å². The van der Waals surface area contributed by atoms with Gasteiger partial charge in [0.2, 0.25) is 11.9 Å². The minimum Gasteiger partial charge on any atom is -0.354 e. The number of rotatable bonds is 7. The van der Waals surface area contributed by atoms with Gasteiger partial charge in [-0.25, -0.2) is 5.84 Å². The number of carbonyl (C=O) groups excluding carboxylic acids is 1. The van der Waals surface area contributed by atoms with E-state index in [1.54, 1.807) is 6.92 Å². The molecule has 0 rings (SSSR count). The van der Waals surface area contributed by atoms with Gasteiger partial charge >= 0.3 is 0 Å². The first-order valence-electron chi connectivity index (χ1n) is 6.56. The molecule has 1 atom stereocenters. The van der Waals surface area contributed by atoms with Crippen LogP contribution >= 0.6 is 0 Å². The Labute approximate surface area is 110 Å². The van der Waals surface area contributed by atoms with Gasteiger partial charge in [0.25, 0.3) is 0 Å². The number of aliphatic imine (C=N–C) groups is 1. The van der Waals surface area contributed by atoms with Gasteiger partial charge in [-0.1, -0.05) is 27.2 Å². The second kappa shape index (κ2) is 9.70. The van der Waals surface area contributed by atoms with Crippen molar-refractivity contribution < 1.29 is 4.79 Å². The number of carbonyl (C=O) groups is 1. The summed E-state index contributed by atoms with van der Waals surface area (Å²) in [7, 11) is 0. The minimum atomic E-state index is -0.361. The van der Waals surface area contributed by atoms with E-state index in [4.69, 9.17) is 5.84 Å². The number of nitrogens with one attached hydrogen (secondary N) is 3. The zero-order valence-corrected chi connectivity index (χ0v) is 11.9. The Morgan fingerprint density at radius 1 is 1.33 bits per heavy atom. The molecule has 0 radical (unpaired) electrons. The van der Waals surface area contributed by atoms with Gasteiger partial charge in [-0.15, -0.1) is 0 Å². The minimum absolute atomic E-state index is 0.0536. The van der Waals surface area contributed by atoms with Crippen molar-refractivity contribution in [2.75, 3.05) is 13.1 Å². The number of amides is 1. The third kappa shape index (κ3) is 7.89. The molecule has 0 aromatic rings. The van der Waals surface area contributed by atoms with E-state index in [2.05, 4.69) is 41.8 Å². The molecule has 5 N–H and O–H groups in total. The third-order valence-electron chi connectivity index (χ3n) is 2.35. The third-order valence-corrected chi connectivity index (χ3v) is 2.35. The van der Waals surface area contributed by atoms with E-state index in [0.717, 1.165) is 12.8 Å². The van der Waals surface area contributed by atoms with Gasteiger partial charge in [-0.3, -0.25) is 15.2 Å². The van der Waals surface area contributed by atoms with Crippen molar-refractivity contribution in [3.63, 3.8) is 0 Å². The molecule has 0 aliphatic rings. The molecule has 0 bridgehead atoms. The van der Waals surface area contributed by atoms with E-state index in [-0.39, 0.29) is 11.9 Å². The normalized spacial score (nSPS) is 13.3. The van der Waals surface area contributed by atoms with E-state index in [1.165, 1.54) is 0 Å². The quantitative estimate of drug-likeness (QED) is 0.174. The van der Waals surface area contributed by atoms with Crippen molar-refractivity contribution in [3.8, 4) is 0 Å². The van der Waals surface area contributed by atoms with Gasteiger partial charge in [0.05, 0.1) is 0 Å². The van der Waals surface area contributed by atoms with Crippen LogP contribution in [0.15, 0.2) is 4.99 Å². The second-order valence-corrected chi connectivity index (χ2v) is 4.73. The summed E-state index contributed by atoms with van der Waals surface area (Å²) >= 11 is 0. The Morgan fingerprint density at radius 2 is 2.00 bits per heavy atom. The Hall–Kier alpha value is -1.30. The Bertz CT molecular complexity index is 265. The second-order valence-electron chi connectivity index (χ2n) is 4.73. The van der Waals surface area contributed by atoms with Crippen LogP contribution in [0.25, 0.3) is 0 Å². The molecule has 6 nitrogen and oxygen atoms in total. The first kappa shape index (κ1) is 16.7. The molecule has 6 heteroatoms. The molecule has 0 aromatic carbocycles. The van der Waals surface area contributed by atoms with Crippen molar-refractivity contribution in [3.05, 3.63) is 0 Å². The summed E-state index contributed by atoms with van der Waals surface area (Å²) in [6.45, 7) is 9.35. The van der Waals surface area contributed by atoms with Crippen LogP contribution < -0.4 is 21.9 Å². The summed E-state index contributed by atoms with van der Waals surface area (Å²) in [4.78, 5) is 16.0. The molecule has 0 aromatic heterocycles. The number of guanidine groups is 1. The highest BCUT2D eigenvalue weighted by Gasteiger charge is 2.13. The van der Waals surface area contributed by atoms with E-state index < -0.39 is 0 Å². The van der Waals surface area contributed by atoms with Crippen LogP contribution in [0.5, 0.6) is 0 Å². The smallest absolute Gasteiger partial charge is 0.242 e. The van der Waals surface area contributed by atoms with E-state index >= 15 is 0 Å². The SMILES string of the molecule is CCCCN=C(NN)NC(C)C(=O)NCC(C)C. The summed E-state index contributed by atoms with van der Waals surface area (Å²) in [5.74, 6) is 6.19. The molecule has 0 fully saturated rings. The predicted molar refractivity (Wildman–Crippen MR) is 75.0 cm³/mol. The van der Waals surface area contributed by atoms with Gasteiger partial charge in [-0.2, -0.15) is 0 Å². The van der Waals surface area contributed by atoms with Crippen molar-refractivity contribution >= 4 is 11.9 Å². The Kier molecular flexibility index (Phi) is 9.00. The van der Waals surface area contributed by atoms with Crippen molar-refractivity contribution in [1.82, 2.24) is 16.1 Å². The van der Waals surface area contributed by atoms with E-state index in [1.807, 2.05) is 0 Å². The van der Waals surface area contributed by atoms with E-state index in [0.29, 0.717) is 25.0 Å². The standard InChI is InChI=1S/C12H27N5O/c1-5-6-7-14-12(17-13)16-10(4)11(18)15-8-9(2)3/h9-10H,5-8,13H2,1-4H3,(H,15,18)(H2,14,16,17). The lowest BCUT2D eigenvalue weighted by Crippen LogP contribution is -2.51. The highest BCUT2D eigenvalue weighted by Crippen LogP contribution is 1.90. The average molecular weight is 257 g/mol. The maximum absolute atomic E-state index is 11.7. The van der Waals surface area contributed by atoms with E-state index in [9.17, 15) is 4.79 Å². The molecule has 18 heavy (non-hydrogen) atoms. The predicted octanol–water partition coefficient (Wildman–Crippen LogP) is 0.356. The van der Waals surface area contributed by atoms with Crippen molar-refractivity contribution in [2.45, 2.75) is 46.6 Å². The largest absolute Gasteiger partial charge is 0.354 e. The van der Waals surface area contributed by atoms with Gasteiger partial charge in [0, 0.05) is 13.1 Å². The number of nitrogens with two attached hydrogens (primary N) is 1. The Balaban J connectivity index is 4.12. The number of hydrogen-bond acceptors (Lipinski definition) is 3. The maximum Gasteiger partial charge on any atom is 0.242 e. The van der Waals surface area contributed by atoms with Crippen LogP contribution in [0.1, 0.15) is 40.5 Å². The average Bonchev–Trinajstić information content (AvgIpc) is 2.34. The molecular weight excluding hydrogens is 230 g/mol. The fraction of sp³-hybridized carbons (Fsp3) is 0.833. The van der Waals surface area contributed by atoms with Crippen LogP contribution in [-0.2, 0) is 4.79 Å². The number of nitrogens with zero attached hydrogens (tertiary/aromatic N) is 1. The lowest BCUT2D eigenvalue weighted by Gasteiger charge is -2.17. The monoisotopic (exact) mass is 257 g/mol. The number of hydrogen-bond donors (Lipinski definition) is 4. The molecule has 1 amide bonds. The highest BCUT2D eigenvalue weighted by atomic mass is 16.2. The molecule has 106 valence electrons. The zero-order chi connectivity index (χ0) is 14.0. The first-order valence-corrected chi connectivity index (χ1v) is 6.56. The molecule has 0 saturated heterocycles. The van der Waals surface area contributed by atoms with Crippen LogP contribution in [0.3, 0.4) is 0 Å². The van der Waals surface area contributed by atoms with Crippen LogP contribution in [0, 0.1) is 5.92 Å². The summed E-state index contributed by atoms with van der Waals surface area (Å²) < 4.78 is 0. The molecule has 0 aliphatic heterocycles. The summed E-state index contributed by atoms with van der Waals surface area (Å²) in [6.07, 6.45) is 2.08. The summed E-state index contributed by atoms with van der Waals surface area (Å²) in [5.41, 5.74) is 2.47. The van der Waals surface area contributed by atoms with Crippen molar-refractivity contribution in [1.29, 1.82) is 0 Å². The van der Waals surface area contributed by atoms with Crippen LogP contribution in [0.4, 0.5) is 0 Å². The topological polar surface area (TPSA) is 91.5 Å². The lowest BCUT2D eigenvalue weighted by molar-refractivity contribution is -0.122. The molecular formula is C12H27N5O. The van der Waals surface area contributed by atoms with Crippen molar-refractivity contribution in [2.24, 2.45) is 16.8 Å². The van der Waals surface area contributed by atoms with Crippen LogP contribution in [-0.4, -0.2) is 31.0 Å². The highest BCUT2D eigenvalue weighted by molar-refractivity contribution is 5.88. The van der Waals surface area contributed by atoms with Gasteiger partial charge < -0.3 is 10.6 Å². The summed E-state index contributed by atoms with van der Waals surface area (Å²) in [6, 6.07) is -0.361. The molecule has 0 spiro atoms. The lowest BCUT2D eigenvalue weighted by atomic mass is 10.2. The summed E-state index contributed by atoms with van der Waals surface area (Å²) in [5, 5.41) is 5.80. The fourth-order valence-electron chi connectivity index (χ4n) is 1.21. The molecule has 0 saturated carbocycles. The Morgan fingerprint density at radius 3 is 2.50 bits per heavy atom.